The van der Waals surface area contributed by atoms with Crippen molar-refractivity contribution in [3.05, 3.63) is 86.3 Å². The first-order valence-corrected chi connectivity index (χ1v) is 8.81. The summed E-state index contributed by atoms with van der Waals surface area (Å²) in [7, 11) is 3.02. The van der Waals surface area contributed by atoms with E-state index >= 15 is 0 Å². The molecule has 0 aliphatic heterocycles. The summed E-state index contributed by atoms with van der Waals surface area (Å²) in [6.07, 6.45) is 0. The van der Waals surface area contributed by atoms with E-state index in [9.17, 15) is 9.59 Å². The van der Waals surface area contributed by atoms with E-state index in [1.165, 1.54) is 11.6 Å². The van der Waals surface area contributed by atoms with Gasteiger partial charge in [-0.3, -0.25) is 13.9 Å². The summed E-state index contributed by atoms with van der Waals surface area (Å²) in [6.45, 7) is 0.387. The molecule has 7 heteroatoms. The van der Waals surface area contributed by atoms with E-state index in [-0.39, 0.29) is 10.9 Å². The Balaban J connectivity index is 1.77. The van der Waals surface area contributed by atoms with Crippen molar-refractivity contribution in [2.75, 3.05) is 0 Å². The Labute approximate surface area is 159 Å². The van der Waals surface area contributed by atoms with Crippen LogP contribution in [0.1, 0.15) is 5.56 Å². The van der Waals surface area contributed by atoms with Crippen LogP contribution in [0.5, 0.6) is 0 Å². The van der Waals surface area contributed by atoms with Gasteiger partial charge in [-0.25, -0.2) is 4.79 Å². The predicted octanol–water partition coefficient (Wildman–Crippen LogP) is 2.80. The van der Waals surface area contributed by atoms with Crippen molar-refractivity contribution in [3.63, 3.8) is 0 Å². The largest absolute Gasteiger partial charge is 0.332 e. The van der Waals surface area contributed by atoms with E-state index in [2.05, 4.69) is 17.1 Å². The predicted molar refractivity (Wildman–Crippen MR) is 106 cm³/mol. The van der Waals surface area contributed by atoms with E-state index in [1.807, 2.05) is 42.5 Å². The van der Waals surface area contributed by atoms with Gasteiger partial charge < -0.3 is 4.57 Å². The topological polar surface area (TPSA) is 61.8 Å². The number of aryl methyl sites for hydroxylation is 1. The highest BCUT2D eigenvalue weighted by Gasteiger charge is 2.18. The van der Waals surface area contributed by atoms with Crippen molar-refractivity contribution in [2.45, 2.75) is 6.54 Å². The molecule has 0 aliphatic rings. The Kier molecular flexibility index (Phi) is 4.20. The molecule has 2 heterocycles. The van der Waals surface area contributed by atoms with Crippen LogP contribution in [0, 0.1) is 0 Å². The Morgan fingerprint density at radius 1 is 0.889 bits per heavy atom. The second-order valence-electron chi connectivity index (χ2n) is 6.41. The van der Waals surface area contributed by atoms with Crippen LogP contribution in [-0.2, 0) is 20.6 Å². The molecular weight excluding hydrogens is 364 g/mol. The number of fused-ring (bicyclic) bond motifs is 1. The number of nitrogens with zero attached hydrogens (tertiary/aromatic N) is 4. The fraction of sp³-hybridized carbons (Fsp3) is 0.150. The van der Waals surface area contributed by atoms with Gasteiger partial charge >= 0.3 is 5.69 Å². The minimum absolute atomic E-state index is 0.176. The van der Waals surface area contributed by atoms with Gasteiger partial charge in [0, 0.05) is 14.1 Å². The van der Waals surface area contributed by atoms with Gasteiger partial charge in [0.25, 0.3) is 5.56 Å². The van der Waals surface area contributed by atoms with Gasteiger partial charge in [-0.2, -0.15) is 4.98 Å². The molecule has 0 amide bonds. The molecule has 4 rings (SSSR count). The molecule has 0 fully saturated rings. The molecule has 2 aromatic heterocycles. The Morgan fingerprint density at radius 3 is 2.19 bits per heavy atom. The lowest BCUT2D eigenvalue weighted by Crippen LogP contribution is -2.37. The molecule has 0 radical (unpaired) electrons. The number of hydrogen-bond donors (Lipinski definition) is 0. The summed E-state index contributed by atoms with van der Waals surface area (Å²) in [6, 6.07) is 18.2. The Bertz CT molecular complexity index is 1250. The minimum Gasteiger partial charge on any atom is -0.304 e. The normalized spacial score (nSPS) is 11.2. The molecule has 0 spiro atoms. The summed E-state index contributed by atoms with van der Waals surface area (Å²) < 4.78 is 4.03. The monoisotopic (exact) mass is 380 g/mol. The van der Waals surface area contributed by atoms with Crippen molar-refractivity contribution in [2.24, 2.45) is 14.1 Å². The fourth-order valence-electron chi connectivity index (χ4n) is 3.18. The molecule has 0 saturated carbocycles. The number of hydrogen-bond acceptors (Lipinski definition) is 3. The van der Waals surface area contributed by atoms with Crippen LogP contribution in [0.2, 0.25) is 5.28 Å². The molecule has 136 valence electrons. The molecule has 0 unspecified atom stereocenters. The smallest absolute Gasteiger partial charge is 0.304 e. The molecule has 0 N–H and O–H groups in total. The van der Waals surface area contributed by atoms with E-state index in [4.69, 9.17) is 11.6 Å². The van der Waals surface area contributed by atoms with Crippen molar-refractivity contribution in [3.8, 4) is 11.1 Å². The van der Waals surface area contributed by atoms with Gasteiger partial charge in [-0.05, 0) is 28.3 Å². The molecule has 0 aliphatic carbocycles. The maximum atomic E-state index is 12.6. The van der Waals surface area contributed by atoms with Crippen LogP contribution in [0.15, 0.2) is 64.2 Å². The fourth-order valence-corrected chi connectivity index (χ4v) is 3.40. The standard InChI is InChI=1S/C20H17ClN4O2/c1-23-17-16(18(26)24(2)20(23)27)25(19(21)22-17)12-13-8-10-15(11-9-13)14-6-4-3-5-7-14/h3-11H,12H2,1-2H3. The van der Waals surface area contributed by atoms with Crippen molar-refractivity contribution in [1.82, 2.24) is 18.7 Å². The third-order valence-electron chi connectivity index (χ3n) is 4.70. The lowest BCUT2D eigenvalue weighted by molar-refractivity contribution is 0.702. The summed E-state index contributed by atoms with van der Waals surface area (Å²) in [5.74, 6) is 0. The molecule has 4 aromatic rings. The van der Waals surface area contributed by atoms with Gasteiger partial charge in [-0.15, -0.1) is 0 Å². The van der Waals surface area contributed by atoms with Crippen molar-refractivity contribution < 1.29 is 0 Å². The third-order valence-corrected chi connectivity index (χ3v) is 4.99. The maximum absolute atomic E-state index is 12.6. The molecule has 0 atom stereocenters. The van der Waals surface area contributed by atoms with E-state index in [0.29, 0.717) is 12.1 Å². The molecule has 27 heavy (non-hydrogen) atoms. The Hall–Kier alpha value is -3.12. The van der Waals surface area contributed by atoms with Gasteiger partial charge in [0.2, 0.25) is 5.28 Å². The van der Waals surface area contributed by atoms with Crippen LogP contribution < -0.4 is 11.2 Å². The quantitative estimate of drug-likeness (QED) is 0.513. The SMILES string of the molecule is Cn1c(=O)c2c(nc(Cl)n2Cc2ccc(-c3ccccc3)cc2)n(C)c1=O. The molecule has 0 bridgehead atoms. The summed E-state index contributed by atoms with van der Waals surface area (Å²) in [4.78, 5) is 28.9. The van der Waals surface area contributed by atoms with Crippen LogP contribution in [0.3, 0.4) is 0 Å². The second-order valence-corrected chi connectivity index (χ2v) is 6.75. The van der Waals surface area contributed by atoms with Crippen LogP contribution in [0.4, 0.5) is 0 Å². The first-order chi connectivity index (χ1) is 13.0. The lowest BCUT2D eigenvalue weighted by atomic mass is 10.0. The number of aromatic nitrogens is 4. The number of benzene rings is 2. The average molecular weight is 381 g/mol. The van der Waals surface area contributed by atoms with E-state index in [0.717, 1.165) is 21.3 Å². The number of imidazole rings is 1. The van der Waals surface area contributed by atoms with Gasteiger partial charge in [0.05, 0.1) is 6.54 Å². The highest BCUT2D eigenvalue weighted by Crippen LogP contribution is 2.21. The summed E-state index contributed by atoms with van der Waals surface area (Å²) in [5, 5.41) is 0.176. The highest BCUT2D eigenvalue weighted by atomic mass is 35.5. The first-order valence-electron chi connectivity index (χ1n) is 8.43. The minimum atomic E-state index is -0.430. The zero-order valence-corrected chi connectivity index (χ0v) is 15.6. The van der Waals surface area contributed by atoms with Crippen molar-refractivity contribution >= 4 is 22.8 Å². The average Bonchev–Trinajstić information content (AvgIpc) is 3.02. The van der Waals surface area contributed by atoms with Crippen LogP contribution in [-0.4, -0.2) is 18.7 Å². The third kappa shape index (κ3) is 2.88. The van der Waals surface area contributed by atoms with Gasteiger partial charge in [0.1, 0.15) is 0 Å². The second kappa shape index (κ2) is 6.55. The molecule has 6 nitrogen and oxygen atoms in total. The van der Waals surface area contributed by atoms with E-state index < -0.39 is 11.2 Å². The summed E-state index contributed by atoms with van der Waals surface area (Å²) >= 11 is 6.28. The van der Waals surface area contributed by atoms with Crippen molar-refractivity contribution in [1.29, 1.82) is 0 Å². The van der Waals surface area contributed by atoms with Crippen LogP contribution >= 0.6 is 11.6 Å². The van der Waals surface area contributed by atoms with E-state index in [1.54, 1.807) is 11.6 Å². The molecular formula is C20H17ClN4O2. The zero-order chi connectivity index (χ0) is 19.1. The molecule has 0 saturated heterocycles. The van der Waals surface area contributed by atoms with Crippen LogP contribution in [0.25, 0.3) is 22.3 Å². The number of rotatable bonds is 3. The first kappa shape index (κ1) is 17.3. The zero-order valence-electron chi connectivity index (χ0n) is 14.9. The molecule has 2 aromatic carbocycles. The lowest BCUT2D eigenvalue weighted by Gasteiger charge is -2.08. The Morgan fingerprint density at radius 2 is 1.52 bits per heavy atom. The maximum Gasteiger partial charge on any atom is 0.332 e. The van der Waals surface area contributed by atoms with Gasteiger partial charge in [-0.1, -0.05) is 54.6 Å². The van der Waals surface area contributed by atoms with Gasteiger partial charge in [0.15, 0.2) is 11.2 Å². The summed E-state index contributed by atoms with van der Waals surface area (Å²) in [5.41, 5.74) is 2.99. The highest BCUT2D eigenvalue weighted by molar-refractivity contribution is 6.29. The number of halogens is 1.